The molecule has 0 bridgehead atoms. The van der Waals surface area contributed by atoms with Crippen molar-refractivity contribution in [1.82, 2.24) is 10.2 Å². The molecular weight excluding hydrogens is 240 g/mol. The lowest BCUT2D eigenvalue weighted by molar-refractivity contribution is -0.151. The van der Waals surface area contributed by atoms with E-state index < -0.39 is 5.54 Å². The number of piperidine rings is 1. The van der Waals surface area contributed by atoms with Gasteiger partial charge in [0.25, 0.3) is 0 Å². The first-order valence-corrected chi connectivity index (χ1v) is 7.58. The molecule has 1 N–H and O–H groups in total. The van der Waals surface area contributed by atoms with E-state index in [1.54, 1.807) is 0 Å². The fourth-order valence-electron chi connectivity index (χ4n) is 3.58. The second-order valence-corrected chi connectivity index (χ2v) is 6.29. The summed E-state index contributed by atoms with van der Waals surface area (Å²) in [7, 11) is 3.40. The number of hydrogen-bond acceptors (Lipinski definition) is 4. The molecule has 4 nitrogen and oxygen atoms in total. The minimum Gasteiger partial charge on any atom is -0.468 e. The predicted molar refractivity (Wildman–Crippen MR) is 76.0 cm³/mol. The van der Waals surface area contributed by atoms with Gasteiger partial charge in [-0.25, -0.2) is 4.79 Å². The Bertz CT molecular complexity index is 320. The van der Waals surface area contributed by atoms with Crippen molar-refractivity contribution in [2.24, 2.45) is 5.92 Å². The van der Waals surface area contributed by atoms with Crippen molar-refractivity contribution < 1.29 is 9.53 Å². The van der Waals surface area contributed by atoms with E-state index in [0.29, 0.717) is 18.0 Å². The van der Waals surface area contributed by atoms with Crippen LogP contribution < -0.4 is 5.32 Å². The summed E-state index contributed by atoms with van der Waals surface area (Å²) in [5.41, 5.74) is -0.505. The number of carbonyl (C=O) groups excluding carboxylic acids is 1. The Morgan fingerprint density at radius 1 is 1.26 bits per heavy atom. The molecule has 2 rings (SSSR count). The average molecular weight is 268 g/mol. The number of nitrogens with one attached hydrogen (secondary N) is 1. The molecule has 1 aliphatic carbocycles. The summed E-state index contributed by atoms with van der Waals surface area (Å²) < 4.78 is 5.09. The zero-order valence-corrected chi connectivity index (χ0v) is 12.7. The van der Waals surface area contributed by atoms with Crippen LogP contribution in [0, 0.1) is 5.92 Å². The molecule has 0 amide bonds. The molecule has 1 saturated carbocycles. The zero-order chi connectivity index (χ0) is 14.0. The summed E-state index contributed by atoms with van der Waals surface area (Å²) in [5, 5.41) is 3.30. The summed E-state index contributed by atoms with van der Waals surface area (Å²) in [6, 6.07) is 1.11. The molecule has 0 radical (unpaired) electrons. The standard InChI is InChI=1S/C15H28N2O2/c1-11-6-5-7-12(2)17(11)10-15(16-3,13-8-9-13)14(18)19-4/h11-13,16H,5-10H2,1-4H3. The molecule has 0 aromatic carbocycles. The first kappa shape index (κ1) is 14.8. The Hall–Kier alpha value is -0.610. The molecule has 4 heteroatoms. The van der Waals surface area contributed by atoms with E-state index in [4.69, 9.17) is 4.74 Å². The van der Waals surface area contributed by atoms with E-state index in [2.05, 4.69) is 24.1 Å². The SMILES string of the molecule is CNC(CN1C(C)CCCC1C)(C(=O)OC)C1CC1. The summed E-state index contributed by atoms with van der Waals surface area (Å²) >= 11 is 0. The van der Waals surface area contributed by atoms with Gasteiger partial charge in [0.1, 0.15) is 5.54 Å². The van der Waals surface area contributed by atoms with E-state index in [1.807, 2.05) is 7.05 Å². The Balaban J connectivity index is 2.17. The fraction of sp³-hybridized carbons (Fsp3) is 0.933. The highest BCUT2D eigenvalue weighted by atomic mass is 16.5. The van der Waals surface area contributed by atoms with Crippen LogP contribution in [0.5, 0.6) is 0 Å². The van der Waals surface area contributed by atoms with E-state index >= 15 is 0 Å². The second kappa shape index (κ2) is 5.80. The second-order valence-electron chi connectivity index (χ2n) is 6.29. The van der Waals surface area contributed by atoms with Gasteiger partial charge >= 0.3 is 5.97 Å². The van der Waals surface area contributed by atoms with Crippen LogP contribution in [0.25, 0.3) is 0 Å². The Morgan fingerprint density at radius 2 is 1.84 bits per heavy atom. The molecule has 3 unspecified atom stereocenters. The first-order valence-electron chi connectivity index (χ1n) is 7.58. The zero-order valence-electron chi connectivity index (χ0n) is 12.7. The van der Waals surface area contributed by atoms with Gasteiger partial charge < -0.3 is 10.1 Å². The van der Waals surface area contributed by atoms with E-state index in [0.717, 1.165) is 19.4 Å². The number of ether oxygens (including phenoxy) is 1. The van der Waals surface area contributed by atoms with Gasteiger partial charge in [0.05, 0.1) is 7.11 Å². The molecule has 110 valence electrons. The highest BCUT2D eigenvalue weighted by molar-refractivity contribution is 5.82. The van der Waals surface area contributed by atoms with Crippen molar-refractivity contribution in [3.05, 3.63) is 0 Å². The van der Waals surface area contributed by atoms with Crippen LogP contribution in [0.3, 0.4) is 0 Å². The third kappa shape index (κ3) is 2.79. The van der Waals surface area contributed by atoms with E-state index in [9.17, 15) is 4.79 Å². The largest absolute Gasteiger partial charge is 0.468 e. The van der Waals surface area contributed by atoms with Gasteiger partial charge in [0.2, 0.25) is 0 Å². The number of nitrogens with zero attached hydrogens (tertiary/aromatic N) is 1. The summed E-state index contributed by atoms with van der Waals surface area (Å²) in [6.45, 7) is 5.34. The number of rotatable bonds is 5. The van der Waals surface area contributed by atoms with Gasteiger partial charge in [-0.1, -0.05) is 6.42 Å². The Labute approximate surface area is 116 Å². The van der Waals surface area contributed by atoms with Crippen LogP contribution in [-0.2, 0) is 9.53 Å². The van der Waals surface area contributed by atoms with Gasteiger partial charge in [0.15, 0.2) is 0 Å². The molecule has 0 aromatic rings. The maximum absolute atomic E-state index is 12.3. The average Bonchev–Trinajstić information content (AvgIpc) is 3.23. The molecule has 3 atom stereocenters. The highest BCUT2D eigenvalue weighted by Gasteiger charge is 2.52. The maximum Gasteiger partial charge on any atom is 0.327 e. The normalized spacial score (nSPS) is 31.8. The van der Waals surface area contributed by atoms with Crippen LogP contribution in [0.4, 0.5) is 0 Å². The monoisotopic (exact) mass is 268 g/mol. The van der Waals surface area contributed by atoms with Crippen LogP contribution >= 0.6 is 0 Å². The number of likely N-dealkylation sites (tertiary alicyclic amines) is 1. The third-order valence-corrected chi connectivity index (χ3v) is 5.08. The number of hydrogen-bond donors (Lipinski definition) is 1. The molecule has 1 saturated heterocycles. The summed E-state index contributed by atoms with van der Waals surface area (Å²) in [6.07, 6.45) is 6.03. The summed E-state index contributed by atoms with van der Waals surface area (Å²) in [5.74, 6) is 0.341. The molecule has 2 aliphatic rings. The molecule has 0 spiro atoms. The molecular formula is C15H28N2O2. The van der Waals surface area contributed by atoms with Crippen molar-refractivity contribution in [3.8, 4) is 0 Å². The van der Waals surface area contributed by atoms with Gasteiger partial charge in [-0.15, -0.1) is 0 Å². The van der Waals surface area contributed by atoms with Crippen LogP contribution in [0.2, 0.25) is 0 Å². The van der Waals surface area contributed by atoms with Gasteiger partial charge in [-0.2, -0.15) is 0 Å². The van der Waals surface area contributed by atoms with Crippen molar-refractivity contribution in [1.29, 1.82) is 0 Å². The van der Waals surface area contributed by atoms with Crippen molar-refractivity contribution in [2.75, 3.05) is 20.7 Å². The van der Waals surface area contributed by atoms with Crippen molar-refractivity contribution in [3.63, 3.8) is 0 Å². The Morgan fingerprint density at radius 3 is 2.26 bits per heavy atom. The fourth-order valence-corrected chi connectivity index (χ4v) is 3.58. The molecule has 0 aromatic heterocycles. The predicted octanol–water partition coefficient (Wildman–Crippen LogP) is 1.79. The van der Waals surface area contributed by atoms with Gasteiger partial charge in [0, 0.05) is 18.6 Å². The van der Waals surface area contributed by atoms with Crippen LogP contribution in [-0.4, -0.2) is 49.2 Å². The maximum atomic E-state index is 12.3. The van der Waals surface area contributed by atoms with Crippen molar-refractivity contribution >= 4 is 5.97 Å². The minimum absolute atomic E-state index is 0.0949. The number of carbonyl (C=O) groups is 1. The number of esters is 1. The molecule has 1 heterocycles. The third-order valence-electron chi connectivity index (χ3n) is 5.08. The molecule has 2 fully saturated rings. The lowest BCUT2D eigenvalue weighted by Crippen LogP contribution is -2.63. The minimum atomic E-state index is -0.505. The lowest BCUT2D eigenvalue weighted by Gasteiger charge is -2.44. The molecule has 19 heavy (non-hydrogen) atoms. The van der Waals surface area contributed by atoms with Crippen molar-refractivity contribution in [2.45, 2.75) is 63.6 Å². The molecule has 1 aliphatic heterocycles. The van der Waals surface area contributed by atoms with Gasteiger partial charge in [-0.05, 0) is 52.5 Å². The van der Waals surface area contributed by atoms with Gasteiger partial charge in [-0.3, -0.25) is 4.90 Å². The number of methoxy groups -OCH3 is 1. The van der Waals surface area contributed by atoms with Crippen LogP contribution in [0.1, 0.15) is 46.0 Å². The quantitative estimate of drug-likeness (QED) is 0.772. The lowest BCUT2D eigenvalue weighted by atomic mass is 9.88. The summed E-state index contributed by atoms with van der Waals surface area (Å²) in [4.78, 5) is 14.8. The smallest absolute Gasteiger partial charge is 0.327 e. The topological polar surface area (TPSA) is 41.6 Å². The van der Waals surface area contributed by atoms with Crippen LogP contribution in [0.15, 0.2) is 0 Å². The Kier molecular flexibility index (Phi) is 4.51. The first-order chi connectivity index (χ1) is 9.05. The van der Waals surface area contributed by atoms with E-state index in [1.165, 1.54) is 26.4 Å². The highest BCUT2D eigenvalue weighted by Crippen LogP contribution is 2.42. The van der Waals surface area contributed by atoms with E-state index in [-0.39, 0.29) is 5.97 Å². The number of likely N-dealkylation sites (N-methyl/N-ethyl adjacent to an activating group) is 1.